The number of hydrogen-bond donors (Lipinski definition) is 0. The molecule has 1 fully saturated rings. The van der Waals surface area contributed by atoms with E-state index >= 15 is 0 Å². The van der Waals surface area contributed by atoms with Gasteiger partial charge in [-0.1, -0.05) is 72.8 Å². The SMILES string of the molecule is O=C(OCc1ccccc1)N1CCC(C(=O)N(c2ccncn2)c2ccccc2OCc2ccccc2)CC1. The molecule has 8 heteroatoms. The monoisotopic (exact) mass is 522 g/mol. The van der Waals surface area contributed by atoms with Gasteiger partial charge in [0.05, 0.1) is 5.69 Å². The van der Waals surface area contributed by atoms with E-state index in [-0.39, 0.29) is 24.5 Å². The van der Waals surface area contributed by atoms with Crippen molar-refractivity contribution in [3.63, 3.8) is 0 Å². The van der Waals surface area contributed by atoms with Crippen LogP contribution in [0.2, 0.25) is 0 Å². The van der Waals surface area contributed by atoms with Crippen LogP contribution in [0, 0.1) is 5.92 Å². The van der Waals surface area contributed by atoms with Gasteiger partial charge < -0.3 is 14.4 Å². The van der Waals surface area contributed by atoms with Crippen molar-refractivity contribution in [2.45, 2.75) is 26.1 Å². The summed E-state index contributed by atoms with van der Waals surface area (Å²) in [6.07, 6.45) is 3.72. The zero-order valence-electron chi connectivity index (χ0n) is 21.6. The molecular formula is C31H30N4O4. The van der Waals surface area contributed by atoms with E-state index in [9.17, 15) is 9.59 Å². The normalized spacial score (nSPS) is 13.5. The fourth-order valence-corrected chi connectivity index (χ4v) is 4.57. The number of amides is 2. The van der Waals surface area contributed by atoms with Crippen LogP contribution in [0.5, 0.6) is 5.75 Å². The Bertz CT molecular complexity index is 1360. The predicted molar refractivity (Wildman–Crippen MR) is 147 cm³/mol. The molecule has 0 aliphatic carbocycles. The second-order valence-corrected chi connectivity index (χ2v) is 9.28. The van der Waals surface area contributed by atoms with Crippen molar-refractivity contribution < 1.29 is 19.1 Å². The van der Waals surface area contributed by atoms with Crippen molar-refractivity contribution in [1.29, 1.82) is 0 Å². The lowest BCUT2D eigenvalue weighted by atomic mass is 9.95. The Labute approximate surface area is 227 Å². The predicted octanol–water partition coefficient (Wildman–Crippen LogP) is 5.77. The number of carbonyl (C=O) groups excluding carboxylic acids is 2. The minimum atomic E-state index is -0.364. The maximum atomic E-state index is 14.0. The maximum absolute atomic E-state index is 14.0. The van der Waals surface area contributed by atoms with Gasteiger partial charge in [-0.15, -0.1) is 0 Å². The molecule has 0 bridgehead atoms. The number of para-hydroxylation sites is 2. The molecular weight excluding hydrogens is 492 g/mol. The molecule has 1 aliphatic heterocycles. The lowest BCUT2D eigenvalue weighted by Gasteiger charge is -2.33. The van der Waals surface area contributed by atoms with Crippen molar-refractivity contribution in [2.75, 3.05) is 18.0 Å². The highest BCUT2D eigenvalue weighted by atomic mass is 16.6. The van der Waals surface area contributed by atoms with E-state index in [1.54, 1.807) is 22.1 Å². The number of carbonyl (C=O) groups is 2. The van der Waals surface area contributed by atoms with Crippen LogP contribution in [-0.4, -0.2) is 40.0 Å². The van der Waals surface area contributed by atoms with Crippen LogP contribution >= 0.6 is 0 Å². The van der Waals surface area contributed by atoms with E-state index in [4.69, 9.17) is 9.47 Å². The fraction of sp³-hybridized carbons (Fsp3) is 0.226. The molecule has 2 amide bonds. The van der Waals surface area contributed by atoms with E-state index in [2.05, 4.69) is 9.97 Å². The van der Waals surface area contributed by atoms with Gasteiger partial charge in [0.1, 0.15) is 31.1 Å². The number of hydrogen-bond acceptors (Lipinski definition) is 6. The summed E-state index contributed by atoms with van der Waals surface area (Å²) in [5, 5.41) is 0. The molecule has 2 heterocycles. The zero-order valence-corrected chi connectivity index (χ0v) is 21.6. The van der Waals surface area contributed by atoms with E-state index < -0.39 is 0 Å². The largest absolute Gasteiger partial charge is 0.487 e. The van der Waals surface area contributed by atoms with E-state index in [1.807, 2.05) is 84.9 Å². The Morgan fingerprint density at radius 3 is 2.13 bits per heavy atom. The van der Waals surface area contributed by atoms with Crippen LogP contribution in [0.1, 0.15) is 24.0 Å². The first-order chi connectivity index (χ1) is 19.2. The number of aromatic nitrogens is 2. The first-order valence-electron chi connectivity index (χ1n) is 13.0. The first kappa shape index (κ1) is 25.9. The quantitative estimate of drug-likeness (QED) is 0.292. The van der Waals surface area contributed by atoms with Gasteiger partial charge in [-0.05, 0) is 42.2 Å². The highest BCUT2D eigenvalue weighted by Crippen LogP contribution is 2.36. The first-order valence-corrected chi connectivity index (χ1v) is 13.0. The Morgan fingerprint density at radius 2 is 1.46 bits per heavy atom. The lowest BCUT2D eigenvalue weighted by Crippen LogP contribution is -2.43. The van der Waals surface area contributed by atoms with Crippen molar-refractivity contribution in [2.24, 2.45) is 5.92 Å². The average molecular weight is 523 g/mol. The van der Waals surface area contributed by atoms with Gasteiger partial charge >= 0.3 is 6.09 Å². The van der Waals surface area contributed by atoms with Crippen molar-refractivity contribution in [1.82, 2.24) is 14.9 Å². The summed E-state index contributed by atoms with van der Waals surface area (Å²) in [4.78, 5) is 38.3. The molecule has 198 valence electrons. The topological polar surface area (TPSA) is 84.9 Å². The van der Waals surface area contributed by atoms with E-state index in [0.29, 0.717) is 49.8 Å². The Kier molecular flexibility index (Phi) is 8.43. The van der Waals surface area contributed by atoms with Crippen LogP contribution < -0.4 is 9.64 Å². The van der Waals surface area contributed by atoms with Crippen LogP contribution in [-0.2, 0) is 22.7 Å². The smallest absolute Gasteiger partial charge is 0.410 e. The molecule has 4 aromatic rings. The molecule has 0 saturated carbocycles. The second kappa shape index (κ2) is 12.7. The third kappa shape index (κ3) is 6.59. The molecule has 8 nitrogen and oxygen atoms in total. The average Bonchev–Trinajstić information content (AvgIpc) is 3.01. The van der Waals surface area contributed by atoms with Gasteiger partial charge in [-0.2, -0.15) is 0 Å². The zero-order chi connectivity index (χ0) is 26.9. The van der Waals surface area contributed by atoms with Gasteiger partial charge in [0.15, 0.2) is 0 Å². The van der Waals surface area contributed by atoms with Crippen LogP contribution in [0.3, 0.4) is 0 Å². The van der Waals surface area contributed by atoms with Gasteiger partial charge in [0.25, 0.3) is 0 Å². The van der Waals surface area contributed by atoms with Gasteiger partial charge in [0, 0.05) is 25.2 Å². The number of rotatable bonds is 8. The number of anilines is 2. The summed E-state index contributed by atoms with van der Waals surface area (Å²) in [5.74, 6) is 0.660. The standard InChI is InChI=1S/C31H30N4O4/c36-30(26-16-19-34(20-17-26)31(37)39-22-25-11-5-2-6-12-25)35(29-15-18-32-23-33-29)27-13-7-8-14-28(27)38-21-24-9-3-1-4-10-24/h1-15,18,23,26H,16-17,19-22H2. The van der Waals surface area contributed by atoms with Crippen molar-refractivity contribution in [3.05, 3.63) is 115 Å². The van der Waals surface area contributed by atoms with E-state index in [0.717, 1.165) is 11.1 Å². The van der Waals surface area contributed by atoms with Crippen molar-refractivity contribution >= 4 is 23.5 Å². The molecule has 0 atom stereocenters. The minimum Gasteiger partial charge on any atom is -0.487 e. The van der Waals surface area contributed by atoms with Crippen molar-refractivity contribution in [3.8, 4) is 5.75 Å². The molecule has 5 rings (SSSR count). The molecule has 0 radical (unpaired) electrons. The number of ether oxygens (including phenoxy) is 2. The van der Waals surface area contributed by atoms with Crippen LogP contribution in [0.4, 0.5) is 16.3 Å². The van der Waals surface area contributed by atoms with Gasteiger partial charge in [-0.25, -0.2) is 14.8 Å². The van der Waals surface area contributed by atoms with Gasteiger partial charge in [-0.3, -0.25) is 9.69 Å². The Hall–Kier alpha value is -4.72. The molecule has 39 heavy (non-hydrogen) atoms. The Morgan fingerprint density at radius 1 is 0.821 bits per heavy atom. The highest BCUT2D eigenvalue weighted by Gasteiger charge is 2.33. The summed E-state index contributed by atoms with van der Waals surface area (Å²) in [6, 6.07) is 28.6. The second-order valence-electron chi connectivity index (χ2n) is 9.28. The lowest BCUT2D eigenvalue weighted by molar-refractivity contribution is -0.123. The van der Waals surface area contributed by atoms with Gasteiger partial charge in [0.2, 0.25) is 5.91 Å². The summed E-state index contributed by atoms with van der Waals surface area (Å²) < 4.78 is 11.7. The van der Waals surface area contributed by atoms with Crippen LogP contribution in [0.25, 0.3) is 0 Å². The molecule has 3 aromatic carbocycles. The number of nitrogens with zero attached hydrogens (tertiary/aromatic N) is 4. The molecule has 0 N–H and O–H groups in total. The molecule has 1 aromatic heterocycles. The molecule has 0 unspecified atom stereocenters. The molecule has 1 aliphatic rings. The summed E-state index contributed by atoms with van der Waals surface area (Å²) >= 11 is 0. The Balaban J connectivity index is 1.29. The fourth-order valence-electron chi connectivity index (χ4n) is 4.57. The molecule has 0 spiro atoms. The number of likely N-dealkylation sites (tertiary alicyclic amines) is 1. The third-order valence-corrected chi connectivity index (χ3v) is 6.67. The number of benzene rings is 3. The summed E-state index contributed by atoms with van der Waals surface area (Å²) in [5.41, 5.74) is 2.57. The maximum Gasteiger partial charge on any atom is 0.410 e. The highest BCUT2D eigenvalue weighted by molar-refractivity contribution is 6.02. The van der Waals surface area contributed by atoms with Crippen LogP contribution in [0.15, 0.2) is 104 Å². The summed E-state index contributed by atoms with van der Waals surface area (Å²) in [6.45, 7) is 1.47. The summed E-state index contributed by atoms with van der Waals surface area (Å²) in [7, 11) is 0. The number of piperidine rings is 1. The molecule has 1 saturated heterocycles. The van der Waals surface area contributed by atoms with E-state index in [1.165, 1.54) is 6.33 Å². The minimum absolute atomic E-state index is 0.0956. The third-order valence-electron chi connectivity index (χ3n) is 6.67.